The number of allylic oxidation sites excluding steroid dienone is 18. The van der Waals surface area contributed by atoms with Gasteiger partial charge < -0.3 is 33.3 Å². The van der Waals surface area contributed by atoms with Crippen molar-refractivity contribution in [2.75, 3.05) is 47.5 Å². The Labute approximate surface area is 454 Å². The van der Waals surface area contributed by atoms with Gasteiger partial charge in [0.2, 0.25) is 0 Å². The Hall–Kier alpha value is -4.05. The first-order chi connectivity index (χ1) is 36.1. The van der Waals surface area contributed by atoms with Crippen LogP contribution in [-0.2, 0) is 33.3 Å². The SMILES string of the molecule is CC/C=C\C/C=C\C/C=C\C/C=C\C/C=C\C/C=C\C/C=C\C/C=C\C/C=C\CCCCCCCCCC(=O)OC(COC(=O)CCCCCCCCCCCCCCCC)COC(OCC[N+](C)(C)C)C(=O)[O-]. The van der Waals surface area contributed by atoms with Crippen LogP contribution in [0.15, 0.2) is 109 Å². The van der Waals surface area contributed by atoms with Crippen molar-refractivity contribution in [1.82, 2.24) is 0 Å². The maximum atomic E-state index is 12.9. The van der Waals surface area contributed by atoms with E-state index in [9.17, 15) is 19.5 Å². The summed E-state index contributed by atoms with van der Waals surface area (Å²) < 4.78 is 22.7. The number of carboxylic acid groups (broad SMARTS) is 1. The molecule has 0 rings (SSSR count). The van der Waals surface area contributed by atoms with Crippen molar-refractivity contribution in [2.45, 2.75) is 238 Å². The number of nitrogens with zero attached hydrogens (tertiary/aromatic N) is 1. The molecule has 0 saturated heterocycles. The third-order valence-electron chi connectivity index (χ3n) is 12.3. The minimum absolute atomic E-state index is 0.141. The first-order valence-corrected chi connectivity index (χ1v) is 29.5. The van der Waals surface area contributed by atoms with Gasteiger partial charge in [0.15, 0.2) is 12.4 Å². The summed E-state index contributed by atoms with van der Waals surface area (Å²) in [5.41, 5.74) is 0. The Kier molecular flexibility index (Phi) is 52.2. The second-order valence-electron chi connectivity index (χ2n) is 20.6. The van der Waals surface area contributed by atoms with Crippen LogP contribution < -0.4 is 5.11 Å². The molecule has 0 N–H and O–H groups in total. The lowest BCUT2D eigenvalue weighted by atomic mass is 10.0. The van der Waals surface area contributed by atoms with E-state index in [1.807, 2.05) is 21.1 Å². The molecule has 0 spiro atoms. The fourth-order valence-corrected chi connectivity index (χ4v) is 7.76. The van der Waals surface area contributed by atoms with Crippen LogP contribution >= 0.6 is 0 Å². The molecular weight excluding hydrogens is 923 g/mol. The molecular formula is C65H109NO8. The number of unbranched alkanes of at least 4 members (excludes halogenated alkanes) is 20. The standard InChI is InChI=1S/C65H109NO8/c1-6-8-10-12-14-16-18-20-22-23-24-25-26-27-28-29-30-31-32-33-34-35-36-37-38-39-40-41-42-44-46-48-50-52-54-56-63(68)74-61(60-73-65(64(69)70)71-58-57-66(3,4)5)59-72-62(67)55-53-51-49-47-45-43-21-19-17-15-13-11-9-7-2/h8,10,14,16,20,22,24-25,27-28,30-31,33-34,36-37,39-40,61,65H,6-7,9,11-13,15,17-19,21,23,26,29,32,35,38,41-60H2,1-5H3/b10-8-,16-14-,22-20-,25-24-,28-27-,31-30-,34-33-,37-36-,40-39-. The van der Waals surface area contributed by atoms with Crippen molar-refractivity contribution in [3.8, 4) is 0 Å². The molecule has 9 heteroatoms. The molecule has 2 unspecified atom stereocenters. The average molecular weight is 1030 g/mol. The summed E-state index contributed by atoms with van der Waals surface area (Å²) in [6.07, 6.45) is 72.8. The second kappa shape index (κ2) is 55.2. The number of likely N-dealkylation sites (N-methyl/N-ethyl adjacent to an activating group) is 1. The zero-order chi connectivity index (χ0) is 54.1. The van der Waals surface area contributed by atoms with Gasteiger partial charge in [-0.2, -0.15) is 0 Å². The van der Waals surface area contributed by atoms with Gasteiger partial charge in [0.05, 0.1) is 40.3 Å². The van der Waals surface area contributed by atoms with Crippen LogP contribution in [0.1, 0.15) is 226 Å². The lowest BCUT2D eigenvalue weighted by Gasteiger charge is -2.26. The Morgan fingerprint density at radius 2 is 0.770 bits per heavy atom. The maximum absolute atomic E-state index is 12.9. The highest BCUT2D eigenvalue weighted by Crippen LogP contribution is 2.15. The van der Waals surface area contributed by atoms with Gasteiger partial charge in [-0.15, -0.1) is 0 Å². The van der Waals surface area contributed by atoms with E-state index in [2.05, 4.69) is 123 Å². The van der Waals surface area contributed by atoms with E-state index in [1.165, 1.54) is 89.9 Å². The minimum Gasteiger partial charge on any atom is -0.545 e. The zero-order valence-corrected chi connectivity index (χ0v) is 47.9. The summed E-state index contributed by atoms with van der Waals surface area (Å²) in [5, 5.41) is 11.8. The number of ether oxygens (including phenoxy) is 4. The largest absolute Gasteiger partial charge is 0.545 e. The van der Waals surface area contributed by atoms with Crippen molar-refractivity contribution >= 4 is 17.9 Å². The van der Waals surface area contributed by atoms with E-state index < -0.39 is 24.3 Å². The summed E-state index contributed by atoms with van der Waals surface area (Å²) in [5.74, 6) is -2.30. The Balaban J connectivity index is 4.23. The molecule has 0 bridgehead atoms. The molecule has 0 aliphatic rings. The molecule has 0 fully saturated rings. The Morgan fingerprint density at radius 1 is 0.419 bits per heavy atom. The van der Waals surface area contributed by atoms with Crippen molar-refractivity contribution in [3.05, 3.63) is 109 Å². The van der Waals surface area contributed by atoms with Crippen LogP contribution in [0.4, 0.5) is 0 Å². The molecule has 0 aliphatic heterocycles. The first kappa shape index (κ1) is 70.0. The van der Waals surface area contributed by atoms with Crippen molar-refractivity contribution < 1.29 is 42.9 Å². The normalized spacial score (nSPS) is 13.6. The highest BCUT2D eigenvalue weighted by atomic mass is 16.7. The molecule has 0 amide bonds. The zero-order valence-electron chi connectivity index (χ0n) is 47.9. The second-order valence-corrected chi connectivity index (χ2v) is 20.6. The average Bonchev–Trinajstić information content (AvgIpc) is 3.37. The van der Waals surface area contributed by atoms with E-state index in [1.54, 1.807) is 0 Å². The molecule has 0 aromatic carbocycles. The number of rotatable bonds is 53. The van der Waals surface area contributed by atoms with Gasteiger partial charge in [0, 0.05) is 12.8 Å². The van der Waals surface area contributed by atoms with Crippen molar-refractivity contribution in [3.63, 3.8) is 0 Å². The van der Waals surface area contributed by atoms with Gasteiger partial charge in [0.25, 0.3) is 0 Å². The fourth-order valence-electron chi connectivity index (χ4n) is 7.76. The third kappa shape index (κ3) is 55.7. The van der Waals surface area contributed by atoms with E-state index in [0.717, 1.165) is 103 Å². The van der Waals surface area contributed by atoms with Gasteiger partial charge in [-0.1, -0.05) is 239 Å². The van der Waals surface area contributed by atoms with Crippen LogP contribution in [0.5, 0.6) is 0 Å². The van der Waals surface area contributed by atoms with Gasteiger partial charge in [-0.25, -0.2) is 0 Å². The number of aliphatic carboxylic acids is 1. The molecule has 0 aromatic heterocycles. The van der Waals surface area contributed by atoms with Gasteiger partial charge in [-0.3, -0.25) is 9.59 Å². The number of esters is 2. The van der Waals surface area contributed by atoms with E-state index >= 15 is 0 Å². The minimum atomic E-state index is -1.63. The van der Waals surface area contributed by atoms with Crippen LogP contribution in [0, 0.1) is 0 Å². The molecule has 9 nitrogen and oxygen atoms in total. The number of carboxylic acids is 1. The third-order valence-corrected chi connectivity index (χ3v) is 12.3. The number of carbonyl (C=O) groups is 3. The summed E-state index contributed by atoms with van der Waals surface area (Å²) in [6, 6.07) is 0. The number of carbonyl (C=O) groups excluding carboxylic acids is 3. The predicted molar refractivity (Wildman–Crippen MR) is 310 cm³/mol. The molecule has 0 heterocycles. The summed E-state index contributed by atoms with van der Waals surface area (Å²) in [4.78, 5) is 37.2. The Bertz CT molecular complexity index is 1580. The topological polar surface area (TPSA) is 111 Å². The van der Waals surface area contributed by atoms with Crippen molar-refractivity contribution in [2.24, 2.45) is 0 Å². The summed E-state index contributed by atoms with van der Waals surface area (Å²) in [7, 11) is 5.91. The molecule has 0 aliphatic carbocycles. The molecule has 2 atom stereocenters. The highest BCUT2D eigenvalue weighted by molar-refractivity contribution is 5.70. The van der Waals surface area contributed by atoms with E-state index in [4.69, 9.17) is 18.9 Å². The van der Waals surface area contributed by atoms with Gasteiger partial charge in [0.1, 0.15) is 13.2 Å². The quantitative estimate of drug-likeness (QED) is 0.0195. The smallest absolute Gasteiger partial charge is 0.306 e. The lowest BCUT2D eigenvalue weighted by Crippen LogP contribution is -2.44. The molecule has 74 heavy (non-hydrogen) atoms. The summed E-state index contributed by atoms with van der Waals surface area (Å²) >= 11 is 0. The molecule has 422 valence electrons. The fraction of sp³-hybridized carbons (Fsp3) is 0.677. The monoisotopic (exact) mass is 1030 g/mol. The van der Waals surface area contributed by atoms with Crippen LogP contribution in [0.3, 0.4) is 0 Å². The predicted octanol–water partition coefficient (Wildman–Crippen LogP) is 16.2. The molecule has 0 saturated carbocycles. The first-order valence-electron chi connectivity index (χ1n) is 29.5. The molecule has 0 aromatic rings. The summed E-state index contributed by atoms with van der Waals surface area (Å²) in [6.45, 7) is 4.61. The van der Waals surface area contributed by atoms with E-state index in [0.29, 0.717) is 17.4 Å². The van der Waals surface area contributed by atoms with Crippen LogP contribution in [-0.4, -0.2) is 82.3 Å². The van der Waals surface area contributed by atoms with E-state index in [-0.39, 0.29) is 38.6 Å². The number of hydrogen-bond acceptors (Lipinski definition) is 8. The number of quaternary nitrogens is 1. The maximum Gasteiger partial charge on any atom is 0.306 e. The van der Waals surface area contributed by atoms with Crippen LogP contribution in [0.2, 0.25) is 0 Å². The van der Waals surface area contributed by atoms with Gasteiger partial charge in [-0.05, 0) is 83.5 Å². The highest BCUT2D eigenvalue weighted by Gasteiger charge is 2.22. The Morgan fingerprint density at radius 3 is 1.15 bits per heavy atom. The van der Waals surface area contributed by atoms with Crippen molar-refractivity contribution in [1.29, 1.82) is 0 Å². The number of hydrogen-bond donors (Lipinski definition) is 0. The van der Waals surface area contributed by atoms with Crippen LogP contribution in [0.25, 0.3) is 0 Å². The molecule has 0 radical (unpaired) electrons. The lowest BCUT2D eigenvalue weighted by molar-refractivity contribution is -0.870. The van der Waals surface area contributed by atoms with Gasteiger partial charge >= 0.3 is 11.9 Å².